The van der Waals surface area contributed by atoms with E-state index < -0.39 is 11.6 Å². The highest BCUT2D eigenvalue weighted by atomic mass is 19.1. The number of halogens is 2. The topological polar surface area (TPSA) is 105 Å². The highest BCUT2D eigenvalue weighted by Gasteiger charge is 2.25. The molecule has 1 fully saturated rings. The molecule has 0 bridgehead atoms. The summed E-state index contributed by atoms with van der Waals surface area (Å²) in [5, 5.41) is 20.5. The van der Waals surface area contributed by atoms with Crippen LogP contribution in [0.15, 0.2) is 30.5 Å². The summed E-state index contributed by atoms with van der Waals surface area (Å²) in [6, 6.07) is 6.41. The number of nitrogens with zero attached hydrogens (tertiary/aromatic N) is 7. The number of aryl methyl sites for hydroxylation is 1. The molecule has 1 aromatic carbocycles. The van der Waals surface area contributed by atoms with Gasteiger partial charge in [0.15, 0.2) is 23.3 Å². The number of rotatable bonds is 5. The van der Waals surface area contributed by atoms with Crippen LogP contribution in [0.4, 0.5) is 26.4 Å². The summed E-state index contributed by atoms with van der Waals surface area (Å²) in [6.07, 6.45) is 0.684. The summed E-state index contributed by atoms with van der Waals surface area (Å²) in [5.41, 5.74) is 1.05. The van der Waals surface area contributed by atoms with E-state index in [0.717, 1.165) is 6.20 Å². The van der Waals surface area contributed by atoms with E-state index in [1.165, 1.54) is 6.07 Å². The van der Waals surface area contributed by atoms with Crippen molar-refractivity contribution in [2.75, 3.05) is 23.3 Å². The van der Waals surface area contributed by atoms with Gasteiger partial charge >= 0.3 is 0 Å². The van der Waals surface area contributed by atoms with Gasteiger partial charge in [0.25, 0.3) is 0 Å². The quantitative estimate of drug-likeness (QED) is 0.475. The molecule has 0 radical (unpaired) electrons. The van der Waals surface area contributed by atoms with Gasteiger partial charge in [0.1, 0.15) is 17.0 Å². The summed E-state index contributed by atoms with van der Waals surface area (Å²) in [4.78, 5) is 14.4. The van der Waals surface area contributed by atoms with Gasteiger partial charge in [-0.1, -0.05) is 0 Å². The number of benzene rings is 1. The summed E-state index contributed by atoms with van der Waals surface area (Å²) in [7, 11) is 0. The van der Waals surface area contributed by atoms with Gasteiger partial charge in [-0.15, -0.1) is 10.2 Å². The molecule has 170 valence electrons. The van der Waals surface area contributed by atoms with Crippen LogP contribution < -0.4 is 10.2 Å². The van der Waals surface area contributed by atoms with Gasteiger partial charge in [0, 0.05) is 24.7 Å². The molecule has 4 heterocycles. The maximum absolute atomic E-state index is 14.8. The molecular formula is C22H22F2N8O. The van der Waals surface area contributed by atoms with Crippen LogP contribution in [0.1, 0.15) is 25.7 Å². The first-order valence-corrected chi connectivity index (χ1v) is 10.5. The molecular weight excluding hydrogens is 430 g/mol. The smallest absolute Gasteiger partial charge is 0.229 e. The van der Waals surface area contributed by atoms with Gasteiger partial charge < -0.3 is 19.9 Å². The fraction of sp³-hybridized carbons (Fsp3) is 0.318. The van der Waals surface area contributed by atoms with Crippen molar-refractivity contribution < 1.29 is 13.9 Å². The van der Waals surface area contributed by atoms with Crippen molar-refractivity contribution in [2.24, 2.45) is 0 Å². The van der Waals surface area contributed by atoms with E-state index in [9.17, 15) is 13.9 Å². The van der Waals surface area contributed by atoms with Crippen molar-refractivity contribution in [3.63, 3.8) is 0 Å². The number of aliphatic hydroxyl groups is 1. The van der Waals surface area contributed by atoms with Gasteiger partial charge in [0.05, 0.1) is 17.8 Å². The maximum atomic E-state index is 14.8. The average molecular weight is 452 g/mol. The van der Waals surface area contributed by atoms with Crippen LogP contribution in [0.3, 0.4) is 0 Å². The summed E-state index contributed by atoms with van der Waals surface area (Å²) in [5.74, 6) is 0.567. The Hall–Kier alpha value is -3.73. The lowest BCUT2D eigenvalue weighted by Gasteiger charge is -2.36. The molecule has 0 saturated carbocycles. The Morgan fingerprint density at radius 3 is 2.55 bits per heavy atom. The first kappa shape index (κ1) is 21.1. The van der Waals surface area contributed by atoms with Crippen LogP contribution in [-0.2, 0) is 0 Å². The molecule has 2 N–H and O–H groups in total. The average Bonchev–Trinajstić information content (AvgIpc) is 3.10. The molecule has 0 spiro atoms. The third-order valence-corrected chi connectivity index (χ3v) is 5.54. The second kappa shape index (κ2) is 8.00. The zero-order valence-corrected chi connectivity index (χ0v) is 18.3. The van der Waals surface area contributed by atoms with Crippen LogP contribution in [-0.4, -0.2) is 54.0 Å². The van der Waals surface area contributed by atoms with Gasteiger partial charge in [-0.2, -0.15) is 0 Å². The minimum absolute atomic E-state index is 0.0402. The Labute approximate surface area is 188 Å². The molecule has 1 saturated heterocycles. The molecule has 1 aliphatic heterocycles. The first-order valence-electron chi connectivity index (χ1n) is 10.5. The predicted molar refractivity (Wildman–Crippen MR) is 119 cm³/mol. The number of aliphatic hydroxyl groups excluding tert-OH is 1. The molecule has 5 rings (SSSR count). The van der Waals surface area contributed by atoms with Gasteiger partial charge in [-0.25, -0.2) is 23.7 Å². The van der Waals surface area contributed by atoms with Crippen molar-refractivity contribution >= 4 is 28.6 Å². The Balaban J connectivity index is 1.46. The first-order chi connectivity index (χ1) is 15.8. The predicted octanol–water partition coefficient (Wildman–Crippen LogP) is 3.38. The zero-order valence-electron chi connectivity index (χ0n) is 18.3. The van der Waals surface area contributed by atoms with Gasteiger partial charge in [-0.05, 0) is 45.0 Å². The summed E-state index contributed by atoms with van der Waals surface area (Å²) >= 11 is 0. The number of anilines is 3. The molecule has 33 heavy (non-hydrogen) atoms. The number of hydrogen-bond donors (Lipinski definition) is 2. The number of nitrogens with one attached hydrogen (secondary N) is 1. The second-order valence-corrected chi connectivity index (χ2v) is 8.30. The molecule has 0 unspecified atom stereocenters. The van der Waals surface area contributed by atoms with Crippen LogP contribution in [0.5, 0.6) is 0 Å². The number of imidazole rings is 1. The van der Waals surface area contributed by atoms with Gasteiger partial charge in [-0.3, -0.25) is 0 Å². The lowest BCUT2D eigenvalue weighted by molar-refractivity contribution is 0.141. The van der Waals surface area contributed by atoms with Gasteiger partial charge in [0.2, 0.25) is 5.95 Å². The van der Waals surface area contributed by atoms with Crippen molar-refractivity contribution in [3.8, 4) is 11.3 Å². The second-order valence-electron chi connectivity index (χ2n) is 8.30. The van der Waals surface area contributed by atoms with E-state index in [1.54, 1.807) is 18.2 Å². The SMILES string of the molecule is Cc1nc2c(F)cc(-c3nc(Nc4ccc(N5CC(O)C5)nn4)ncc3F)cc2n1C(C)C. The standard InChI is InChI=1S/C22H22F2N8O/c1-11(2)32-12(3)26-21-15(23)6-13(7-17(21)32)20-16(24)8-25-22(28-20)27-18-4-5-19(30-29-18)31-9-14(33)10-31/h4-8,11,14,33H,9-10H2,1-3H3,(H,25,27,28,29). The lowest BCUT2D eigenvalue weighted by Crippen LogP contribution is -2.51. The Kier molecular flexibility index (Phi) is 5.12. The van der Waals surface area contributed by atoms with E-state index in [2.05, 4.69) is 30.5 Å². The van der Waals surface area contributed by atoms with Crippen LogP contribution in [0.2, 0.25) is 0 Å². The lowest BCUT2D eigenvalue weighted by atomic mass is 10.1. The van der Waals surface area contributed by atoms with Crippen molar-refractivity contribution in [3.05, 3.63) is 47.9 Å². The fourth-order valence-electron chi connectivity index (χ4n) is 4.00. The number of β-amino-alcohol motifs (C(OH)–C–C–N with tert-alkyl or cyclic N) is 1. The van der Waals surface area contributed by atoms with Crippen LogP contribution in [0.25, 0.3) is 22.3 Å². The molecule has 9 nitrogen and oxygen atoms in total. The van der Waals surface area contributed by atoms with Crippen molar-refractivity contribution in [2.45, 2.75) is 32.9 Å². The molecule has 4 aromatic rings. The highest BCUT2D eigenvalue weighted by Crippen LogP contribution is 2.30. The zero-order chi connectivity index (χ0) is 23.3. The van der Waals surface area contributed by atoms with E-state index in [0.29, 0.717) is 36.1 Å². The number of fused-ring (bicyclic) bond motifs is 1. The number of hydrogen-bond acceptors (Lipinski definition) is 8. The summed E-state index contributed by atoms with van der Waals surface area (Å²) in [6.45, 7) is 6.79. The molecule has 0 aliphatic carbocycles. The molecule has 3 aromatic heterocycles. The third-order valence-electron chi connectivity index (χ3n) is 5.54. The Morgan fingerprint density at radius 1 is 1.09 bits per heavy atom. The van der Waals surface area contributed by atoms with E-state index >= 15 is 0 Å². The molecule has 0 atom stereocenters. The normalized spacial score (nSPS) is 14.2. The van der Waals surface area contributed by atoms with Crippen LogP contribution in [0, 0.1) is 18.6 Å². The van der Waals surface area contributed by atoms with E-state index in [1.807, 2.05) is 30.2 Å². The van der Waals surface area contributed by atoms with E-state index in [-0.39, 0.29) is 34.9 Å². The minimum atomic E-state index is -0.676. The third kappa shape index (κ3) is 3.84. The largest absolute Gasteiger partial charge is 0.389 e. The van der Waals surface area contributed by atoms with Crippen molar-refractivity contribution in [1.82, 2.24) is 29.7 Å². The van der Waals surface area contributed by atoms with E-state index in [4.69, 9.17) is 0 Å². The monoisotopic (exact) mass is 452 g/mol. The molecule has 0 amide bonds. The highest BCUT2D eigenvalue weighted by molar-refractivity contribution is 5.83. The number of aromatic nitrogens is 6. The minimum Gasteiger partial charge on any atom is -0.389 e. The maximum Gasteiger partial charge on any atom is 0.229 e. The summed E-state index contributed by atoms with van der Waals surface area (Å²) < 4.78 is 31.4. The molecule has 1 aliphatic rings. The Bertz CT molecular complexity index is 1330. The fourth-order valence-corrected chi connectivity index (χ4v) is 4.00. The Morgan fingerprint density at radius 2 is 1.88 bits per heavy atom. The van der Waals surface area contributed by atoms with Crippen molar-refractivity contribution in [1.29, 1.82) is 0 Å². The van der Waals surface area contributed by atoms with Crippen LogP contribution >= 0.6 is 0 Å². The molecule has 11 heteroatoms.